The van der Waals surface area contributed by atoms with Gasteiger partial charge in [-0.1, -0.05) is 60.7 Å². The highest BCUT2D eigenvalue weighted by molar-refractivity contribution is 5.91. The molecule has 2 amide bonds. The lowest BCUT2D eigenvalue weighted by atomic mass is 9.66. The van der Waals surface area contributed by atoms with Crippen molar-refractivity contribution in [2.75, 3.05) is 32.1 Å². The van der Waals surface area contributed by atoms with Crippen molar-refractivity contribution < 1.29 is 14.3 Å². The maximum atomic E-state index is 12.6. The molecule has 3 aliphatic heterocycles. The minimum atomic E-state index is -0.228. The zero-order valence-corrected chi connectivity index (χ0v) is 25.4. The maximum Gasteiger partial charge on any atom is 0.223 e. The zero-order valence-electron chi connectivity index (χ0n) is 23.7. The van der Waals surface area contributed by atoms with Crippen molar-refractivity contribution in [3.05, 3.63) is 95.6 Å². The first-order valence-electron chi connectivity index (χ1n) is 13.7. The van der Waals surface area contributed by atoms with Crippen LogP contribution in [0.5, 0.6) is 5.75 Å². The van der Waals surface area contributed by atoms with Crippen LogP contribution in [0.2, 0.25) is 0 Å². The highest BCUT2D eigenvalue weighted by Gasteiger charge is 2.51. The third-order valence-corrected chi connectivity index (χ3v) is 8.62. The monoisotopic (exact) mass is 598 g/mol. The smallest absolute Gasteiger partial charge is 0.223 e. The number of methoxy groups -OCH3 is 1. The van der Waals surface area contributed by atoms with Crippen LogP contribution in [0.3, 0.4) is 0 Å². The van der Waals surface area contributed by atoms with Gasteiger partial charge in [0.15, 0.2) is 0 Å². The minimum Gasteiger partial charge on any atom is -0.496 e. The average Bonchev–Trinajstić information content (AvgIpc) is 2.97. The fourth-order valence-electron chi connectivity index (χ4n) is 6.60. The summed E-state index contributed by atoms with van der Waals surface area (Å²) in [6.07, 6.45) is 0.919. The van der Waals surface area contributed by atoms with Crippen molar-refractivity contribution in [3.63, 3.8) is 0 Å². The molecule has 6 rings (SSSR count). The molecule has 2 bridgehead atoms. The second-order valence-corrected chi connectivity index (χ2v) is 10.7. The molecule has 3 aromatic carbocycles. The van der Waals surface area contributed by atoms with Gasteiger partial charge in [0.1, 0.15) is 5.75 Å². The number of nitrogens with zero attached hydrogens (tertiary/aromatic N) is 2. The number of piperidine rings is 3. The molecule has 3 aliphatic rings. The predicted molar refractivity (Wildman–Crippen MR) is 168 cm³/mol. The van der Waals surface area contributed by atoms with Crippen molar-refractivity contribution in [2.45, 2.75) is 37.9 Å². The quantitative estimate of drug-likeness (QED) is 0.375. The van der Waals surface area contributed by atoms with Gasteiger partial charge in [-0.05, 0) is 48.2 Å². The van der Waals surface area contributed by atoms with Crippen LogP contribution in [0.1, 0.15) is 36.0 Å². The summed E-state index contributed by atoms with van der Waals surface area (Å²) in [6.45, 7) is 3.71. The molecule has 3 saturated heterocycles. The fraction of sp³-hybridized carbons (Fsp3) is 0.375. The number of benzene rings is 3. The number of carbonyl (C=O) groups excluding carboxylic acids is 2. The number of amides is 2. The number of primary amides is 1. The van der Waals surface area contributed by atoms with Crippen molar-refractivity contribution in [1.29, 1.82) is 0 Å². The van der Waals surface area contributed by atoms with Gasteiger partial charge in [-0.25, -0.2) is 0 Å². The minimum absolute atomic E-state index is 0. The Kier molecular flexibility index (Phi) is 11.2. The van der Waals surface area contributed by atoms with Gasteiger partial charge in [-0.15, -0.1) is 24.8 Å². The van der Waals surface area contributed by atoms with Crippen LogP contribution in [0.15, 0.2) is 78.9 Å². The van der Waals surface area contributed by atoms with Gasteiger partial charge in [0, 0.05) is 56.3 Å². The summed E-state index contributed by atoms with van der Waals surface area (Å²) in [7, 11) is 3.43. The first-order chi connectivity index (χ1) is 18.9. The largest absolute Gasteiger partial charge is 0.496 e. The summed E-state index contributed by atoms with van der Waals surface area (Å²) in [5.74, 6) is 0.551. The molecule has 0 spiro atoms. The topological polar surface area (TPSA) is 87.9 Å². The lowest BCUT2D eigenvalue weighted by molar-refractivity contribution is -0.132. The van der Waals surface area contributed by atoms with Crippen LogP contribution in [0.25, 0.3) is 0 Å². The lowest BCUT2D eigenvalue weighted by Crippen LogP contribution is -2.68. The number of ether oxygens (including phenoxy) is 1. The van der Waals surface area contributed by atoms with E-state index in [1.54, 1.807) is 26.0 Å². The highest BCUT2D eigenvalue weighted by atomic mass is 35.5. The van der Waals surface area contributed by atoms with E-state index < -0.39 is 0 Å². The van der Waals surface area contributed by atoms with E-state index in [1.165, 1.54) is 11.1 Å². The third-order valence-electron chi connectivity index (χ3n) is 8.62. The van der Waals surface area contributed by atoms with Crippen LogP contribution in [0, 0.1) is 11.8 Å². The van der Waals surface area contributed by atoms with E-state index in [2.05, 4.69) is 70.9 Å². The number of nitrogens with two attached hydrogens (primary N) is 1. The number of nitrogens with one attached hydrogen (secondary N) is 1. The van der Waals surface area contributed by atoms with Crippen molar-refractivity contribution in [1.82, 2.24) is 10.2 Å². The molecule has 220 valence electrons. The number of anilines is 1. The molecule has 9 heteroatoms. The molecule has 0 aliphatic carbocycles. The molecule has 3 heterocycles. The SMILES string of the molecule is COc1ccc(N(C)C(C)=O)cc1CN[C@H]1[C@H]2CCN(C[C@@H]2C(N)=O)[C@H]1C(c1ccccc1)c1ccccc1.Cl.Cl. The summed E-state index contributed by atoms with van der Waals surface area (Å²) >= 11 is 0. The molecule has 0 radical (unpaired) electrons. The van der Waals surface area contributed by atoms with E-state index in [0.29, 0.717) is 13.1 Å². The first-order valence-corrected chi connectivity index (χ1v) is 13.7. The molecule has 1 unspecified atom stereocenters. The molecule has 0 saturated carbocycles. The highest BCUT2D eigenvalue weighted by Crippen LogP contribution is 2.44. The van der Waals surface area contributed by atoms with E-state index in [9.17, 15) is 9.59 Å². The summed E-state index contributed by atoms with van der Waals surface area (Å²) < 4.78 is 5.69. The Balaban J connectivity index is 0.00000231. The Hall–Kier alpha value is -3.10. The number of rotatable bonds is 9. The summed E-state index contributed by atoms with van der Waals surface area (Å²) in [5, 5.41) is 3.86. The van der Waals surface area contributed by atoms with E-state index in [0.717, 1.165) is 30.0 Å². The Morgan fingerprint density at radius 2 is 1.63 bits per heavy atom. The maximum absolute atomic E-state index is 12.6. The Morgan fingerprint density at radius 1 is 1.02 bits per heavy atom. The summed E-state index contributed by atoms with van der Waals surface area (Å²) in [4.78, 5) is 28.7. The molecule has 0 aromatic heterocycles. The second-order valence-electron chi connectivity index (χ2n) is 10.7. The molecule has 41 heavy (non-hydrogen) atoms. The van der Waals surface area contributed by atoms with Gasteiger partial charge in [-0.2, -0.15) is 0 Å². The Labute approximate surface area is 255 Å². The first kappa shape index (κ1) is 32.4. The molecule has 3 aromatic rings. The van der Waals surface area contributed by atoms with E-state index in [4.69, 9.17) is 10.5 Å². The van der Waals surface area contributed by atoms with Crippen LogP contribution in [-0.4, -0.2) is 56.0 Å². The van der Waals surface area contributed by atoms with Gasteiger partial charge < -0.3 is 20.7 Å². The van der Waals surface area contributed by atoms with Crippen molar-refractivity contribution in [2.24, 2.45) is 17.6 Å². The Morgan fingerprint density at radius 3 is 2.17 bits per heavy atom. The number of hydrogen-bond acceptors (Lipinski definition) is 5. The molecule has 5 atom stereocenters. The predicted octanol–water partition coefficient (Wildman–Crippen LogP) is 4.62. The third kappa shape index (κ3) is 6.70. The molecular formula is C32H40Cl2N4O3. The molecular weight excluding hydrogens is 559 g/mol. The van der Waals surface area contributed by atoms with Crippen molar-refractivity contribution >= 4 is 42.3 Å². The summed E-state index contributed by atoms with van der Waals surface area (Å²) in [5.41, 5.74) is 10.2. The molecule has 3 fully saturated rings. The fourth-order valence-corrected chi connectivity index (χ4v) is 6.60. The van der Waals surface area contributed by atoms with Crippen LogP contribution in [0.4, 0.5) is 5.69 Å². The van der Waals surface area contributed by atoms with E-state index >= 15 is 0 Å². The second kappa shape index (κ2) is 14.2. The average molecular weight is 600 g/mol. The number of hydrogen-bond donors (Lipinski definition) is 2. The number of fused-ring (bicyclic) bond motifs is 3. The number of halogens is 2. The molecule has 3 N–H and O–H groups in total. The van der Waals surface area contributed by atoms with Gasteiger partial charge in [-0.3, -0.25) is 14.5 Å². The van der Waals surface area contributed by atoms with Crippen LogP contribution >= 0.6 is 24.8 Å². The lowest BCUT2D eigenvalue weighted by Gasteiger charge is -2.56. The van der Waals surface area contributed by atoms with Crippen molar-refractivity contribution in [3.8, 4) is 5.75 Å². The normalized spacial score (nSPS) is 22.8. The van der Waals surface area contributed by atoms with Gasteiger partial charge in [0.2, 0.25) is 11.8 Å². The van der Waals surface area contributed by atoms with Crippen LogP contribution in [-0.2, 0) is 16.1 Å². The van der Waals surface area contributed by atoms with E-state index in [1.807, 2.05) is 18.2 Å². The van der Waals surface area contributed by atoms with Gasteiger partial charge in [0.25, 0.3) is 0 Å². The van der Waals surface area contributed by atoms with Gasteiger partial charge >= 0.3 is 0 Å². The number of carbonyl (C=O) groups is 2. The van der Waals surface area contributed by atoms with Gasteiger partial charge in [0.05, 0.1) is 13.0 Å². The Bertz CT molecular complexity index is 1270. The van der Waals surface area contributed by atoms with Crippen LogP contribution < -0.4 is 20.7 Å². The standard InChI is InChI=1S/C32H38N4O3.2ClH/c1-21(37)35(2)25-14-15-28(39-3)24(18-25)19-34-30-26-16-17-36(20-27(26)32(33)38)31(30)29(22-10-6-4-7-11-22)23-12-8-5-9-13-23;;/h4-15,18,26-27,29-31,34H,16-17,19-20H2,1-3H3,(H2,33,38);2*1H/t26-,27-,30-,31-;;/m0../s1. The van der Waals surface area contributed by atoms with E-state index in [-0.39, 0.29) is 66.5 Å². The zero-order chi connectivity index (χ0) is 27.5. The molecule has 7 nitrogen and oxygen atoms in total. The summed E-state index contributed by atoms with van der Waals surface area (Å²) in [6, 6.07) is 27.3.